The van der Waals surface area contributed by atoms with E-state index in [9.17, 15) is 0 Å². The summed E-state index contributed by atoms with van der Waals surface area (Å²) in [7, 11) is 0. The largest absolute Gasteiger partial charge is 0.264 e. The second-order valence-corrected chi connectivity index (χ2v) is 4.22. The van der Waals surface area contributed by atoms with E-state index in [1.807, 2.05) is 6.08 Å². The number of rotatable bonds is 0. The van der Waals surface area contributed by atoms with Crippen molar-refractivity contribution >= 4 is 16.8 Å². The third kappa shape index (κ3) is 1.44. The highest BCUT2D eigenvalue weighted by atomic mass is 35.5. The second kappa shape index (κ2) is 3.35. The van der Waals surface area contributed by atoms with Gasteiger partial charge in [-0.1, -0.05) is 54.1 Å². The summed E-state index contributed by atoms with van der Waals surface area (Å²) in [6, 6.07) is 0.170. The molecular weight excluding hydrogens is 206 g/mol. The summed E-state index contributed by atoms with van der Waals surface area (Å²) < 4.78 is 0. The maximum absolute atomic E-state index is 5.94. The highest BCUT2D eigenvalue weighted by Crippen LogP contribution is 2.34. The van der Waals surface area contributed by atoms with Crippen LogP contribution in [0.5, 0.6) is 0 Å². The van der Waals surface area contributed by atoms with Crippen LogP contribution in [0.4, 0.5) is 0 Å². The topological polar surface area (TPSA) is 12.4 Å². The van der Waals surface area contributed by atoms with E-state index in [0.717, 1.165) is 0 Å². The van der Waals surface area contributed by atoms with Gasteiger partial charge >= 0.3 is 0 Å². The number of hydrogen-bond donors (Lipinski definition) is 0. The summed E-state index contributed by atoms with van der Waals surface area (Å²) in [6.07, 6.45) is 16.7. The van der Waals surface area contributed by atoms with E-state index in [4.69, 9.17) is 11.6 Å². The average Bonchev–Trinajstić information content (AvgIpc) is 2.29. The summed E-state index contributed by atoms with van der Waals surface area (Å²) in [5.74, 6) is 0.355. The first-order chi connectivity index (χ1) is 7.34. The zero-order valence-electron chi connectivity index (χ0n) is 8.10. The van der Waals surface area contributed by atoms with Crippen LogP contribution in [0.25, 0.3) is 0 Å². The van der Waals surface area contributed by atoms with Gasteiger partial charge in [0.25, 0.3) is 0 Å². The van der Waals surface area contributed by atoms with Crippen LogP contribution in [-0.4, -0.2) is 11.2 Å². The highest BCUT2D eigenvalue weighted by molar-refractivity contribution is 6.68. The fraction of sp³-hybridized carbons (Fsp3) is 0.154. The van der Waals surface area contributed by atoms with Gasteiger partial charge in [0.1, 0.15) is 5.17 Å². The van der Waals surface area contributed by atoms with Gasteiger partial charge in [0.15, 0.2) is 0 Å². The van der Waals surface area contributed by atoms with E-state index in [0.29, 0.717) is 11.1 Å². The van der Waals surface area contributed by atoms with Gasteiger partial charge in [-0.25, -0.2) is 0 Å². The Hall–Kier alpha value is -1.34. The first kappa shape index (κ1) is 8.93. The molecule has 1 aliphatic heterocycles. The van der Waals surface area contributed by atoms with Crippen molar-refractivity contribution in [2.75, 3.05) is 0 Å². The molecule has 74 valence electrons. The van der Waals surface area contributed by atoms with Crippen LogP contribution in [0.1, 0.15) is 0 Å². The fourth-order valence-electron chi connectivity index (χ4n) is 2.18. The molecule has 3 aliphatic rings. The molecule has 1 nitrogen and oxygen atoms in total. The standard InChI is InChI=1S/C13H10ClN/c14-12-8-7-10-6-5-9-3-1-2-4-11(9)13(10)15-12/h1-8,11,13H. The Morgan fingerprint density at radius 3 is 2.80 bits per heavy atom. The smallest absolute Gasteiger partial charge is 0.124 e. The lowest BCUT2D eigenvalue weighted by atomic mass is 9.80. The zero-order valence-corrected chi connectivity index (χ0v) is 8.85. The normalized spacial score (nSPS) is 31.4. The van der Waals surface area contributed by atoms with Gasteiger partial charge in [-0.15, -0.1) is 0 Å². The molecule has 0 aromatic heterocycles. The molecule has 0 N–H and O–H groups in total. The molecule has 15 heavy (non-hydrogen) atoms. The van der Waals surface area contributed by atoms with Gasteiger partial charge < -0.3 is 0 Å². The van der Waals surface area contributed by atoms with E-state index in [-0.39, 0.29) is 6.04 Å². The lowest BCUT2D eigenvalue weighted by Gasteiger charge is -2.29. The van der Waals surface area contributed by atoms with Crippen LogP contribution < -0.4 is 0 Å². The SMILES string of the molecule is ClC1=NC2C(=CC=C3C=CC=CC32)C=C1. The van der Waals surface area contributed by atoms with Gasteiger partial charge in [-0.2, -0.15) is 0 Å². The van der Waals surface area contributed by atoms with Crippen molar-refractivity contribution in [3.8, 4) is 0 Å². The molecule has 0 fully saturated rings. The molecule has 0 radical (unpaired) electrons. The van der Waals surface area contributed by atoms with E-state index in [1.54, 1.807) is 0 Å². The van der Waals surface area contributed by atoms with E-state index < -0.39 is 0 Å². The second-order valence-electron chi connectivity index (χ2n) is 3.83. The van der Waals surface area contributed by atoms with Gasteiger partial charge in [-0.05, 0) is 17.2 Å². The number of hydrogen-bond acceptors (Lipinski definition) is 1. The van der Waals surface area contributed by atoms with Crippen molar-refractivity contribution in [2.24, 2.45) is 10.9 Å². The summed E-state index contributed by atoms with van der Waals surface area (Å²) >= 11 is 5.94. The summed E-state index contributed by atoms with van der Waals surface area (Å²) in [5, 5.41) is 0.598. The molecule has 1 heterocycles. The Morgan fingerprint density at radius 2 is 1.87 bits per heavy atom. The number of dihydropyridines is 1. The predicted octanol–water partition coefficient (Wildman–Crippen LogP) is 3.17. The van der Waals surface area contributed by atoms with Crippen LogP contribution in [-0.2, 0) is 0 Å². The molecule has 0 aromatic rings. The van der Waals surface area contributed by atoms with Crippen molar-refractivity contribution in [2.45, 2.75) is 6.04 Å². The maximum Gasteiger partial charge on any atom is 0.124 e. The number of nitrogens with zero attached hydrogens (tertiary/aromatic N) is 1. The molecule has 0 spiro atoms. The molecule has 0 bridgehead atoms. The number of aliphatic imine (C=N–C) groups is 1. The van der Waals surface area contributed by atoms with Crippen molar-refractivity contribution in [3.63, 3.8) is 0 Å². The molecule has 0 amide bonds. The Labute approximate surface area is 93.9 Å². The van der Waals surface area contributed by atoms with Crippen LogP contribution >= 0.6 is 11.6 Å². The van der Waals surface area contributed by atoms with Crippen molar-refractivity contribution < 1.29 is 0 Å². The van der Waals surface area contributed by atoms with Crippen molar-refractivity contribution in [1.29, 1.82) is 0 Å². The van der Waals surface area contributed by atoms with Gasteiger partial charge in [-0.3, -0.25) is 4.99 Å². The minimum absolute atomic E-state index is 0.170. The molecule has 0 saturated carbocycles. The Bertz CT molecular complexity index is 475. The Morgan fingerprint density at radius 1 is 1.00 bits per heavy atom. The zero-order chi connectivity index (χ0) is 10.3. The molecule has 0 saturated heterocycles. The minimum atomic E-state index is 0.170. The third-order valence-electron chi connectivity index (χ3n) is 2.93. The molecule has 2 atom stereocenters. The van der Waals surface area contributed by atoms with Crippen LogP contribution in [0.2, 0.25) is 0 Å². The van der Waals surface area contributed by atoms with Crippen molar-refractivity contribution in [1.82, 2.24) is 0 Å². The minimum Gasteiger partial charge on any atom is -0.264 e. The highest BCUT2D eigenvalue weighted by Gasteiger charge is 2.28. The number of allylic oxidation sites excluding steroid dienone is 6. The van der Waals surface area contributed by atoms with Crippen LogP contribution in [0.3, 0.4) is 0 Å². The van der Waals surface area contributed by atoms with E-state index >= 15 is 0 Å². The summed E-state index contributed by atoms with van der Waals surface area (Å²) in [5.41, 5.74) is 2.56. The quantitative estimate of drug-likeness (QED) is 0.589. The van der Waals surface area contributed by atoms with E-state index in [2.05, 4.69) is 47.5 Å². The lowest BCUT2D eigenvalue weighted by Crippen LogP contribution is -2.26. The molecular formula is C13H10ClN. The van der Waals surface area contributed by atoms with Gasteiger partial charge in [0, 0.05) is 5.92 Å². The monoisotopic (exact) mass is 215 g/mol. The average molecular weight is 216 g/mol. The number of fused-ring (bicyclic) bond motifs is 3. The Kier molecular flexibility index (Phi) is 2.00. The molecule has 3 rings (SSSR count). The number of halogens is 1. The molecule has 2 heteroatoms. The van der Waals surface area contributed by atoms with Crippen LogP contribution in [0.15, 0.2) is 64.7 Å². The maximum atomic E-state index is 5.94. The molecule has 2 unspecified atom stereocenters. The summed E-state index contributed by atoms with van der Waals surface area (Å²) in [6.45, 7) is 0. The first-order valence-electron chi connectivity index (χ1n) is 5.02. The third-order valence-corrected chi connectivity index (χ3v) is 3.15. The van der Waals surface area contributed by atoms with Crippen LogP contribution in [0, 0.1) is 5.92 Å². The summed E-state index contributed by atoms with van der Waals surface area (Å²) in [4.78, 5) is 4.49. The lowest BCUT2D eigenvalue weighted by molar-refractivity contribution is 0.638. The van der Waals surface area contributed by atoms with Gasteiger partial charge in [0.05, 0.1) is 6.04 Å². The first-order valence-corrected chi connectivity index (χ1v) is 5.40. The van der Waals surface area contributed by atoms with Crippen molar-refractivity contribution in [3.05, 3.63) is 59.8 Å². The Balaban J connectivity index is 2.07. The fourth-order valence-corrected chi connectivity index (χ4v) is 2.34. The van der Waals surface area contributed by atoms with E-state index in [1.165, 1.54) is 11.1 Å². The predicted molar refractivity (Wildman–Crippen MR) is 64.2 cm³/mol. The van der Waals surface area contributed by atoms with Gasteiger partial charge in [0.2, 0.25) is 0 Å². The molecule has 2 aliphatic carbocycles. The molecule has 0 aromatic carbocycles.